The molecule has 0 saturated heterocycles. The summed E-state index contributed by atoms with van der Waals surface area (Å²) in [7, 11) is 1.55. The van der Waals surface area contributed by atoms with Crippen molar-refractivity contribution < 1.29 is 9.26 Å². The summed E-state index contributed by atoms with van der Waals surface area (Å²) in [4.78, 5) is 12.8. The molecule has 0 unspecified atom stereocenters. The van der Waals surface area contributed by atoms with Crippen molar-refractivity contribution in [3.63, 3.8) is 0 Å². The van der Waals surface area contributed by atoms with Crippen molar-refractivity contribution in [3.05, 3.63) is 10.6 Å². The molecule has 1 rings (SSSR count). The summed E-state index contributed by atoms with van der Waals surface area (Å²) in [5, 5.41) is 4.60. The number of rotatable bonds is 4. The van der Waals surface area contributed by atoms with Gasteiger partial charge < -0.3 is 4.74 Å². The van der Waals surface area contributed by atoms with E-state index in [1.165, 1.54) is 5.01 Å². The number of anilines is 1. The molecule has 7 nitrogen and oxygen atoms in total. The minimum atomic E-state index is -0.627. The third-order valence-corrected chi connectivity index (χ3v) is 1.24. The van der Waals surface area contributed by atoms with E-state index in [0.717, 1.165) is 0 Å². The van der Waals surface area contributed by atoms with Crippen LogP contribution in [0.25, 0.3) is 0 Å². The van der Waals surface area contributed by atoms with Crippen molar-refractivity contribution >= 4 is 5.95 Å². The molecule has 3 N–H and O–H groups in total. The fourth-order valence-electron chi connectivity index (χ4n) is 0.641. The Bertz CT molecular complexity index is 280. The van der Waals surface area contributed by atoms with E-state index in [4.69, 9.17) is 10.6 Å². The molecular formula is C5H10N4O3. The molecule has 0 atom stereocenters. The van der Waals surface area contributed by atoms with Crippen LogP contribution >= 0.6 is 0 Å². The normalized spacial score (nSPS) is 10.2. The second kappa shape index (κ2) is 3.88. The number of aromatic nitrogens is 2. The van der Waals surface area contributed by atoms with Gasteiger partial charge in [0, 0.05) is 7.11 Å². The number of nitrogens with zero attached hydrogens (tertiary/aromatic N) is 2. The molecule has 68 valence electrons. The molecule has 0 aliphatic heterocycles. The molecule has 0 saturated carbocycles. The summed E-state index contributed by atoms with van der Waals surface area (Å²) in [6.45, 7) is 0.879. The summed E-state index contributed by atoms with van der Waals surface area (Å²) in [6, 6.07) is 0. The van der Waals surface area contributed by atoms with Crippen molar-refractivity contribution in [2.24, 2.45) is 5.84 Å². The Morgan fingerprint density at radius 2 is 2.58 bits per heavy atom. The van der Waals surface area contributed by atoms with Crippen molar-refractivity contribution in [2.75, 3.05) is 25.3 Å². The Balaban J connectivity index is 2.53. The van der Waals surface area contributed by atoms with Gasteiger partial charge in [0.1, 0.15) is 0 Å². The number of nitrogens with one attached hydrogen (secondary N) is 1. The minimum Gasteiger partial charge on any atom is -0.383 e. The van der Waals surface area contributed by atoms with Gasteiger partial charge in [0.2, 0.25) is 0 Å². The molecule has 0 bridgehead atoms. The number of ether oxygens (including phenoxy) is 1. The zero-order chi connectivity index (χ0) is 8.97. The van der Waals surface area contributed by atoms with Gasteiger partial charge in [0.15, 0.2) is 0 Å². The number of methoxy groups -OCH3 is 1. The van der Waals surface area contributed by atoms with E-state index in [-0.39, 0.29) is 5.95 Å². The predicted octanol–water partition coefficient (Wildman–Crippen LogP) is -1.31. The van der Waals surface area contributed by atoms with Crippen LogP contribution in [-0.2, 0) is 4.74 Å². The van der Waals surface area contributed by atoms with E-state index >= 15 is 0 Å². The van der Waals surface area contributed by atoms with E-state index in [1.807, 2.05) is 0 Å². The van der Waals surface area contributed by atoms with Crippen LogP contribution in [0.4, 0.5) is 5.95 Å². The lowest BCUT2D eigenvalue weighted by atomic mass is 10.6. The molecule has 1 aromatic heterocycles. The van der Waals surface area contributed by atoms with Gasteiger partial charge in [-0.3, -0.25) is 14.5 Å². The maximum Gasteiger partial charge on any atom is 0.440 e. The first-order chi connectivity index (χ1) is 5.74. The van der Waals surface area contributed by atoms with Gasteiger partial charge in [0.05, 0.1) is 13.2 Å². The molecule has 12 heavy (non-hydrogen) atoms. The average molecular weight is 174 g/mol. The van der Waals surface area contributed by atoms with Gasteiger partial charge in [-0.2, -0.15) is 0 Å². The SMILES string of the molecule is COCCN(N)c1noc(=O)[nH]1. The van der Waals surface area contributed by atoms with Crippen molar-refractivity contribution in [1.29, 1.82) is 0 Å². The fraction of sp³-hybridized carbons (Fsp3) is 0.600. The molecule has 7 heteroatoms. The van der Waals surface area contributed by atoms with Crippen LogP contribution in [0.1, 0.15) is 0 Å². The van der Waals surface area contributed by atoms with Crippen LogP contribution in [0.15, 0.2) is 9.32 Å². The lowest BCUT2D eigenvalue weighted by molar-refractivity contribution is 0.205. The number of hydrogen-bond acceptors (Lipinski definition) is 6. The topological polar surface area (TPSA) is 97.4 Å². The standard InChI is InChI=1S/C5H10N4O3/c1-11-3-2-9(6)4-7-5(10)12-8-4/h2-3,6H2,1H3,(H,7,8,10). The maximum absolute atomic E-state index is 10.5. The highest BCUT2D eigenvalue weighted by Gasteiger charge is 2.05. The lowest BCUT2D eigenvalue weighted by Crippen LogP contribution is -2.35. The van der Waals surface area contributed by atoms with Gasteiger partial charge in [-0.1, -0.05) is 0 Å². The van der Waals surface area contributed by atoms with Gasteiger partial charge in [-0.25, -0.2) is 10.6 Å². The molecular weight excluding hydrogens is 164 g/mol. The zero-order valence-corrected chi connectivity index (χ0v) is 6.61. The summed E-state index contributed by atoms with van der Waals surface area (Å²) >= 11 is 0. The molecule has 0 fully saturated rings. The number of H-pyrrole nitrogens is 1. The van der Waals surface area contributed by atoms with E-state index in [0.29, 0.717) is 13.2 Å². The largest absolute Gasteiger partial charge is 0.440 e. The van der Waals surface area contributed by atoms with Crippen LogP contribution in [0.3, 0.4) is 0 Å². The highest BCUT2D eigenvalue weighted by molar-refractivity contribution is 5.22. The first kappa shape index (κ1) is 8.75. The van der Waals surface area contributed by atoms with Gasteiger partial charge in [-0.05, 0) is 5.16 Å². The molecule has 1 aromatic rings. The molecule has 0 spiro atoms. The quantitative estimate of drug-likeness (QED) is 0.434. The van der Waals surface area contributed by atoms with Gasteiger partial charge >= 0.3 is 5.76 Å². The van der Waals surface area contributed by atoms with E-state index in [1.54, 1.807) is 7.11 Å². The van der Waals surface area contributed by atoms with Crippen LogP contribution in [0.2, 0.25) is 0 Å². The Morgan fingerprint density at radius 1 is 1.83 bits per heavy atom. The Morgan fingerprint density at radius 3 is 3.08 bits per heavy atom. The predicted molar refractivity (Wildman–Crippen MR) is 40.5 cm³/mol. The molecule has 1 heterocycles. The van der Waals surface area contributed by atoms with E-state index in [9.17, 15) is 4.79 Å². The highest BCUT2D eigenvalue weighted by Crippen LogP contribution is 1.95. The first-order valence-electron chi connectivity index (χ1n) is 3.31. The number of hydrogen-bond donors (Lipinski definition) is 2. The second-order valence-corrected chi connectivity index (χ2v) is 2.10. The third kappa shape index (κ3) is 2.07. The molecule has 0 aliphatic carbocycles. The highest BCUT2D eigenvalue weighted by atomic mass is 16.5. The fourth-order valence-corrected chi connectivity index (χ4v) is 0.641. The summed E-state index contributed by atoms with van der Waals surface area (Å²) < 4.78 is 9.01. The molecule has 0 aromatic carbocycles. The second-order valence-electron chi connectivity index (χ2n) is 2.10. The van der Waals surface area contributed by atoms with Gasteiger partial charge in [0.25, 0.3) is 5.95 Å². The van der Waals surface area contributed by atoms with E-state index in [2.05, 4.69) is 14.7 Å². The smallest absolute Gasteiger partial charge is 0.383 e. The monoisotopic (exact) mass is 174 g/mol. The zero-order valence-electron chi connectivity index (χ0n) is 6.61. The first-order valence-corrected chi connectivity index (χ1v) is 3.31. The van der Waals surface area contributed by atoms with Gasteiger partial charge in [-0.15, -0.1) is 0 Å². The van der Waals surface area contributed by atoms with Crippen molar-refractivity contribution in [1.82, 2.24) is 10.1 Å². The summed E-state index contributed by atoms with van der Waals surface area (Å²) in [5.41, 5.74) is 0. The van der Waals surface area contributed by atoms with E-state index < -0.39 is 5.76 Å². The molecule has 0 aliphatic rings. The van der Waals surface area contributed by atoms with Crippen LogP contribution in [0.5, 0.6) is 0 Å². The average Bonchev–Trinajstić information content (AvgIpc) is 2.47. The Labute approximate surface area is 68.1 Å². The maximum atomic E-state index is 10.5. The summed E-state index contributed by atoms with van der Waals surface area (Å²) in [6.07, 6.45) is 0. The molecule has 0 radical (unpaired) electrons. The van der Waals surface area contributed by atoms with Crippen molar-refractivity contribution in [3.8, 4) is 0 Å². The Kier molecular flexibility index (Phi) is 2.83. The van der Waals surface area contributed by atoms with Crippen LogP contribution in [-0.4, -0.2) is 30.4 Å². The Hall–Kier alpha value is -1.34. The number of aromatic amines is 1. The van der Waals surface area contributed by atoms with Crippen LogP contribution in [0, 0.1) is 0 Å². The minimum absolute atomic E-state index is 0.192. The number of nitrogens with two attached hydrogens (primary N) is 1. The van der Waals surface area contributed by atoms with Crippen LogP contribution < -0.4 is 16.6 Å². The third-order valence-electron chi connectivity index (χ3n) is 1.24. The molecule has 0 amide bonds. The lowest BCUT2D eigenvalue weighted by Gasteiger charge is -2.12. The summed E-state index contributed by atoms with van der Waals surface area (Å²) in [5.74, 6) is 5.02. The van der Waals surface area contributed by atoms with Crippen molar-refractivity contribution in [2.45, 2.75) is 0 Å². The number of hydrazine groups is 1.